The molecule has 0 spiro atoms. The number of hydrogen-bond acceptors (Lipinski definition) is 4. The summed E-state index contributed by atoms with van der Waals surface area (Å²) < 4.78 is 5.77. The van der Waals surface area contributed by atoms with E-state index in [9.17, 15) is 4.79 Å². The number of amides is 1. The summed E-state index contributed by atoms with van der Waals surface area (Å²) in [6.45, 7) is 4.10. The van der Waals surface area contributed by atoms with Gasteiger partial charge in [0.2, 0.25) is 0 Å². The number of carbonyl (C=O) groups excluding carboxylic acids is 1. The molecule has 3 aliphatic heterocycles. The molecule has 28 heavy (non-hydrogen) atoms. The molecule has 8 heteroatoms. The molecule has 152 valence electrons. The number of aromatic nitrogens is 1. The molecule has 3 aliphatic rings. The number of H-pyrrole nitrogens is 1. The van der Waals surface area contributed by atoms with Gasteiger partial charge in [0.25, 0.3) is 5.91 Å². The summed E-state index contributed by atoms with van der Waals surface area (Å²) in [5.41, 5.74) is 6.93. The fraction of sp³-hybridized carbons (Fsp3) is 0.450. The van der Waals surface area contributed by atoms with E-state index < -0.39 is 0 Å². The van der Waals surface area contributed by atoms with E-state index in [1.165, 1.54) is 22.2 Å². The second kappa shape index (κ2) is 7.95. The number of benzene rings is 1. The van der Waals surface area contributed by atoms with Crippen LogP contribution in [-0.2, 0) is 16.0 Å². The molecule has 0 radical (unpaired) electrons. The third-order valence-corrected chi connectivity index (χ3v) is 6.51. The lowest BCUT2D eigenvalue weighted by Crippen LogP contribution is -2.52. The molecule has 0 saturated carbocycles. The van der Waals surface area contributed by atoms with Crippen molar-refractivity contribution in [3.05, 3.63) is 47.4 Å². The number of hydrogen-bond donors (Lipinski definition) is 3. The van der Waals surface area contributed by atoms with Crippen LogP contribution in [0.1, 0.15) is 30.6 Å². The molecule has 2 aromatic rings. The molecule has 4 N–H and O–H groups in total. The molecule has 4 heterocycles. The van der Waals surface area contributed by atoms with Crippen molar-refractivity contribution < 1.29 is 9.53 Å². The Morgan fingerprint density at radius 2 is 2.11 bits per heavy atom. The fourth-order valence-electron chi connectivity index (χ4n) is 5.17. The standard InChI is InChI=1S/C20H24N4O2.2ClH/c1-11-15-9-24-7-6-13-12-4-2-3-5-17(12)22-19(13)18(24)8-14(15)16(10-26-11)20(25)23-21;;/h2-5,10-11,14-15,18,22H,6-9,21H2,1H3,(H,23,25);2*1H/t11-,14-,15-,18-;;/m0../s1. The normalized spacial score (nSPS) is 28.4. The highest BCUT2D eigenvalue weighted by molar-refractivity contribution is 5.93. The lowest BCUT2D eigenvalue weighted by molar-refractivity contribution is -0.120. The van der Waals surface area contributed by atoms with Crippen LogP contribution in [0.15, 0.2) is 36.1 Å². The minimum absolute atomic E-state index is 0. The van der Waals surface area contributed by atoms with Crippen LogP contribution in [0.2, 0.25) is 0 Å². The van der Waals surface area contributed by atoms with Gasteiger partial charge in [0, 0.05) is 41.5 Å². The van der Waals surface area contributed by atoms with Gasteiger partial charge in [-0.2, -0.15) is 0 Å². The molecule has 1 amide bonds. The average Bonchev–Trinajstić information content (AvgIpc) is 3.06. The Balaban J connectivity index is 0.00000112. The van der Waals surface area contributed by atoms with Crippen LogP contribution in [0.3, 0.4) is 0 Å². The van der Waals surface area contributed by atoms with Gasteiger partial charge in [0.1, 0.15) is 0 Å². The first-order valence-corrected chi connectivity index (χ1v) is 9.37. The first-order valence-electron chi connectivity index (χ1n) is 9.37. The minimum Gasteiger partial charge on any atom is -0.497 e. The maximum atomic E-state index is 12.3. The van der Waals surface area contributed by atoms with Crippen molar-refractivity contribution in [1.29, 1.82) is 0 Å². The number of para-hydroxylation sites is 1. The van der Waals surface area contributed by atoms with Crippen LogP contribution in [0, 0.1) is 11.8 Å². The molecule has 1 aromatic carbocycles. The Hall–Kier alpha value is -1.73. The number of nitrogens with two attached hydrogens (primary N) is 1. The topological polar surface area (TPSA) is 83.4 Å². The van der Waals surface area contributed by atoms with Gasteiger partial charge in [-0.3, -0.25) is 15.1 Å². The zero-order valence-corrected chi connectivity index (χ0v) is 17.3. The van der Waals surface area contributed by atoms with Crippen molar-refractivity contribution in [1.82, 2.24) is 15.3 Å². The molecule has 0 aliphatic carbocycles. The quantitative estimate of drug-likeness (QED) is 0.373. The highest BCUT2D eigenvalue weighted by atomic mass is 35.5. The lowest BCUT2D eigenvalue weighted by atomic mass is 9.72. The molecule has 0 bridgehead atoms. The van der Waals surface area contributed by atoms with Crippen LogP contribution >= 0.6 is 24.8 Å². The minimum atomic E-state index is -0.229. The lowest BCUT2D eigenvalue weighted by Gasteiger charge is -2.49. The number of piperidine rings is 1. The number of nitrogens with zero attached hydrogens (tertiary/aromatic N) is 1. The number of halogens is 2. The van der Waals surface area contributed by atoms with Gasteiger partial charge in [-0.05, 0) is 31.4 Å². The molecular weight excluding hydrogens is 399 g/mol. The zero-order chi connectivity index (χ0) is 17.8. The average molecular weight is 425 g/mol. The Morgan fingerprint density at radius 1 is 1.32 bits per heavy atom. The predicted molar refractivity (Wildman–Crippen MR) is 113 cm³/mol. The number of carbonyl (C=O) groups is 1. The van der Waals surface area contributed by atoms with E-state index in [4.69, 9.17) is 10.6 Å². The second-order valence-corrected chi connectivity index (χ2v) is 7.72. The van der Waals surface area contributed by atoms with E-state index in [0.29, 0.717) is 17.5 Å². The summed E-state index contributed by atoms with van der Waals surface area (Å²) in [7, 11) is 0. The van der Waals surface area contributed by atoms with Gasteiger partial charge in [-0.1, -0.05) is 18.2 Å². The summed E-state index contributed by atoms with van der Waals surface area (Å²) in [5, 5.41) is 1.33. The van der Waals surface area contributed by atoms with Gasteiger partial charge >= 0.3 is 0 Å². The number of nitrogens with one attached hydrogen (secondary N) is 2. The summed E-state index contributed by atoms with van der Waals surface area (Å²) in [6.07, 6.45) is 3.71. The summed E-state index contributed by atoms with van der Waals surface area (Å²) in [5.74, 6) is 5.66. The van der Waals surface area contributed by atoms with Crippen molar-refractivity contribution in [3.8, 4) is 0 Å². The molecule has 5 rings (SSSR count). The highest BCUT2D eigenvalue weighted by Crippen LogP contribution is 2.47. The van der Waals surface area contributed by atoms with Crippen molar-refractivity contribution in [3.63, 3.8) is 0 Å². The molecule has 1 fully saturated rings. The first-order chi connectivity index (χ1) is 12.7. The maximum absolute atomic E-state index is 12.3. The van der Waals surface area contributed by atoms with Crippen LogP contribution in [0.4, 0.5) is 0 Å². The van der Waals surface area contributed by atoms with E-state index in [0.717, 1.165) is 25.9 Å². The van der Waals surface area contributed by atoms with Crippen LogP contribution in [-0.4, -0.2) is 35.0 Å². The van der Waals surface area contributed by atoms with Crippen LogP contribution in [0.5, 0.6) is 0 Å². The van der Waals surface area contributed by atoms with Crippen molar-refractivity contribution in [2.24, 2.45) is 17.7 Å². The van der Waals surface area contributed by atoms with Gasteiger partial charge in [-0.25, -0.2) is 5.84 Å². The van der Waals surface area contributed by atoms with Crippen molar-refractivity contribution >= 4 is 41.6 Å². The zero-order valence-electron chi connectivity index (χ0n) is 15.7. The Bertz CT molecular complexity index is 913. The molecule has 0 unspecified atom stereocenters. The van der Waals surface area contributed by atoms with E-state index >= 15 is 0 Å². The maximum Gasteiger partial charge on any atom is 0.264 e. The Kier molecular flexibility index (Phi) is 5.96. The number of fused-ring (bicyclic) bond motifs is 6. The highest BCUT2D eigenvalue weighted by Gasteiger charge is 2.46. The third kappa shape index (κ3) is 3.08. The molecule has 1 saturated heterocycles. The number of ether oxygens (including phenoxy) is 1. The number of aromatic amines is 1. The van der Waals surface area contributed by atoms with Crippen LogP contribution in [0.25, 0.3) is 10.9 Å². The smallest absolute Gasteiger partial charge is 0.264 e. The number of rotatable bonds is 1. The molecular formula is C20H26Cl2N4O2. The monoisotopic (exact) mass is 424 g/mol. The fourth-order valence-corrected chi connectivity index (χ4v) is 5.17. The Labute approximate surface area is 176 Å². The summed E-state index contributed by atoms with van der Waals surface area (Å²) in [6, 6.07) is 8.84. The molecule has 1 aromatic heterocycles. The third-order valence-electron chi connectivity index (χ3n) is 6.51. The SMILES string of the molecule is C[C@@H]1OC=C(C(=O)NN)[C@H]2C[C@H]3c4[nH]c5ccccc5c4CCN3C[C@@H]12.Cl.Cl. The van der Waals surface area contributed by atoms with E-state index in [-0.39, 0.29) is 42.7 Å². The van der Waals surface area contributed by atoms with Gasteiger partial charge < -0.3 is 9.72 Å². The number of hydrazine groups is 1. The largest absolute Gasteiger partial charge is 0.497 e. The van der Waals surface area contributed by atoms with Crippen LogP contribution < -0.4 is 11.3 Å². The second-order valence-electron chi connectivity index (χ2n) is 7.72. The summed E-state index contributed by atoms with van der Waals surface area (Å²) >= 11 is 0. The Morgan fingerprint density at radius 3 is 2.89 bits per heavy atom. The van der Waals surface area contributed by atoms with Gasteiger partial charge in [0.05, 0.1) is 24.0 Å². The summed E-state index contributed by atoms with van der Waals surface area (Å²) in [4.78, 5) is 18.5. The molecule has 4 atom stereocenters. The van der Waals surface area contributed by atoms with Gasteiger partial charge in [-0.15, -0.1) is 24.8 Å². The van der Waals surface area contributed by atoms with E-state index in [1.54, 1.807) is 6.26 Å². The van der Waals surface area contributed by atoms with E-state index in [2.05, 4.69) is 46.5 Å². The van der Waals surface area contributed by atoms with Crippen molar-refractivity contribution in [2.75, 3.05) is 13.1 Å². The van der Waals surface area contributed by atoms with Gasteiger partial charge in [0.15, 0.2) is 0 Å². The first kappa shape index (κ1) is 21.0. The van der Waals surface area contributed by atoms with E-state index in [1.807, 2.05) is 0 Å². The predicted octanol–water partition coefficient (Wildman–Crippen LogP) is 2.84. The molecule has 6 nitrogen and oxygen atoms in total. The van der Waals surface area contributed by atoms with Crippen molar-refractivity contribution in [2.45, 2.75) is 31.9 Å².